The number of rotatable bonds is 5. The zero-order valence-corrected chi connectivity index (χ0v) is 14.5. The van der Waals surface area contributed by atoms with Crippen molar-refractivity contribution in [3.8, 4) is 0 Å². The number of para-hydroxylation sites is 1. The first-order valence-corrected chi connectivity index (χ1v) is 8.18. The SMILES string of the molecule is CC(=O)Nc1ccc(NC(=O)c2ccc(Nc3ccccc3F)nc2)cc1. The van der Waals surface area contributed by atoms with Crippen molar-refractivity contribution in [2.45, 2.75) is 6.92 Å². The summed E-state index contributed by atoms with van der Waals surface area (Å²) in [4.78, 5) is 27.4. The number of hydrogen-bond donors (Lipinski definition) is 3. The first kappa shape index (κ1) is 18.1. The smallest absolute Gasteiger partial charge is 0.257 e. The summed E-state index contributed by atoms with van der Waals surface area (Å²) in [6.07, 6.45) is 1.41. The minimum absolute atomic E-state index is 0.165. The highest BCUT2D eigenvalue weighted by atomic mass is 19.1. The van der Waals surface area contributed by atoms with Crippen molar-refractivity contribution in [3.05, 3.63) is 78.2 Å². The van der Waals surface area contributed by atoms with Gasteiger partial charge in [-0.2, -0.15) is 0 Å². The van der Waals surface area contributed by atoms with E-state index in [4.69, 9.17) is 0 Å². The predicted octanol–water partition coefficient (Wildman–Crippen LogP) is 4.18. The first-order chi connectivity index (χ1) is 13.0. The molecule has 0 aliphatic rings. The van der Waals surface area contributed by atoms with Crippen LogP contribution in [-0.2, 0) is 4.79 Å². The zero-order chi connectivity index (χ0) is 19.2. The highest BCUT2D eigenvalue weighted by Crippen LogP contribution is 2.19. The molecule has 136 valence electrons. The lowest BCUT2D eigenvalue weighted by atomic mass is 10.2. The number of aromatic nitrogens is 1. The van der Waals surface area contributed by atoms with E-state index in [1.165, 1.54) is 19.2 Å². The molecule has 7 heteroatoms. The molecular formula is C20H17FN4O2. The number of nitrogens with zero attached hydrogens (tertiary/aromatic N) is 1. The van der Waals surface area contributed by atoms with E-state index >= 15 is 0 Å². The number of hydrogen-bond acceptors (Lipinski definition) is 4. The molecule has 1 aromatic heterocycles. The molecule has 0 radical (unpaired) electrons. The standard InChI is InChI=1S/C20H17FN4O2/c1-13(26)23-15-7-9-16(10-8-15)24-20(27)14-6-11-19(22-12-14)25-18-5-3-2-4-17(18)21/h2-12H,1H3,(H,22,25)(H,23,26)(H,24,27). The Labute approximate surface area is 155 Å². The Morgan fingerprint density at radius 2 is 1.56 bits per heavy atom. The molecule has 0 bridgehead atoms. The van der Waals surface area contributed by atoms with Crippen LogP contribution in [0.5, 0.6) is 0 Å². The van der Waals surface area contributed by atoms with E-state index in [1.807, 2.05) is 0 Å². The summed E-state index contributed by atoms with van der Waals surface area (Å²) in [6, 6.07) is 16.2. The number of carbonyl (C=O) groups is 2. The summed E-state index contributed by atoms with van der Waals surface area (Å²) in [7, 11) is 0. The van der Waals surface area contributed by atoms with Crippen molar-refractivity contribution >= 4 is 34.7 Å². The number of pyridine rings is 1. The monoisotopic (exact) mass is 364 g/mol. The molecule has 0 aliphatic heterocycles. The quantitative estimate of drug-likeness (QED) is 0.634. The van der Waals surface area contributed by atoms with Crippen LogP contribution in [0.4, 0.5) is 27.3 Å². The van der Waals surface area contributed by atoms with Gasteiger partial charge in [0.25, 0.3) is 5.91 Å². The van der Waals surface area contributed by atoms with Crippen LogP contribution in [-0.4, -0.2) is 16.8 Å². The summed E-state index contributed by atoms with van der Waals surface area (Å²) in [5, 5.41) is 8.25. The average molecular weight is 364 g/mol. The van der Waals surface area contributed by atoms with Gasteiger partial charge in [-0.05, 0) is 48.5 Å². The number of halogens is 1. The van der Waals surface area contributed by atoms with Gasteiger partial charge < -0.3 is 16.0 Å². The van der Waals surface area contributed by atoms with Gasteiger partial charge in [0.15, 0.2) is 0 Å². The Morgan fingerprint density at radius 1 is 0.889 bits per heavy atom. The van der Waals surface area contributed by atoms with Crippen molar-refractivity contribution in [2.75, 3.05) is 16.0 Å². The van der Waals surface area contributed by atoms with E-state index in [0.717, 1.165) is 0 Å². The van der Waals surface area contributed by atoms with Crippen LogP contribution >= 0.6 is 0 Å². The van der Waals surface area contributed by atoms with Crippen LogP contribution in [0.1, 0.15) is 17.3 Å². The van der Waals surface area contributed by atoms with Crippen molar-refractivity contribution in [3.63, 3.8) is 0 Å². The van der Waals surface area contributed by atoms with Crippen molar-refractivity contribution in [2.24, 2.45) is 0 Å². The lowest BCUT2D eigenvalue weighted by molar-refractivity contribution is -0.114. The Bertz CT molecular complexity index is 956. The fourth-order valence-corrected chi connectivity index (χ4v) is 2.35. The second-order valence-electron chi connectivity index (χ2n) is 5.75. The van der Waals surface area contributed by atoms with Gasteiger partial charge in [0.1, 0.15) is 11.6 Å². The molecule has 0 unspecified atom stereocenters. The highest BCUT2D eigenvalue weighted by molar-refractivity contribution is 6.04. The fraction of sp³-hybridized carbons (Fsp3) is 0.0500. The first-order valence-electron chi connectivity index (χ1n) is 8.18. The van der Waals surface area contributed by atoms with E-state index in [0.29, 0.717) is 28.4 Å². The van der Waals surface area contributed by atoms with Gasteiger partial charge in [-0.3, -0.25) is 9.59 Å². The molecule has 0 aliphatic carbocycles. The number of carbonyl (C=O) groups excluding carboxylic acids is 2. The van der Waals surface area contributed by atoms with Crippen LogP contribution < -0.4 is 16.0 Å². The number of nitrogens with one attached hydrogen (secondary N) is 3. The summed E-state index contributed by atoms with van der Waals surface area (Å²) in [5.74, 6) is -0.450. The van der Waals surface area contributed by atoms with Gasteiger partial charge in [0.05, 0.1) is 11.3 Å². The molecule has 0 atom stereocenters. The Kier molecular flexibility index (Phi) is 5.41. The summed E-state index contributed by atoms with van der Waals surface area (Å²) < 4.78 is 13.6. The molecule has 0 saturated carbocycles. The van der Waals surface area contributed by atoms with Gasteiger partial charge in [0.2, 0.25) is 5.91 Å². The molecule has 3 aromatic rings. The lowest BCUT2D eigenvalue weighted by Crippen LogP contribution is -2.12. The van der Waals surface area contributed by atoms with E-state index in [-0.39, 0.29) is 17.6 Å². The highest BCUT2D eigenvalue weighted by Gasteiger charge is 2.08. The summed E-state index contributed by atoms with van der Waals surface area (Å²) in [6.45, 7) is 1.42. The molecule has 3 N–H and O–H groups in total. The third-order valence-electron chi connectivity index (χ3n) is 3.63. The summed E-state index contributed by atoms with van der Waals surface area (Å²) in [5.41, 5.74) is 1.90. The molecule has 1 heterocycles. The number of anilines is 4. The van der Waals surface area contributed by atoms with Gasteiger partial charge in [-0.1, -0.05) is 12.1 Å². The van der Waals surface area contributed by atoms with Crippen LogP contribution in [0.2, 0.25) is 0 Å². The van der Waals surface area contributed by atoms with E-state index in [9.17, 15) is 14.0 Å². The predicted molar refractivity (Wildman–Crippen MR) is 103 cm³/mol. The molecule has 0 fully saturated rings. The maximum absolute atomic E-state index is 13.6. The largest absolute Gasteiger partial charge is 0.338 e. The van der Waals surface area contributed by atoms with Gasteiger partial charge >= 0.3 is 0 Å². The van der Waals surface area contributed by atoms with Gasteiger partial charge in [-0.15, -0.1) is 0 Å². The molecule has 6 nitrogen and oxygen atoms in total. The van der Waals surface area contributed by atoms with Crippen molar-refractivity contribution < 1.29 is 14.0 Å². The molecule has 0 saturated heterocycles. The molecule has 3 rings (SSSR count). The third-order valence-corrected chi connectivity index (χ3v) is 3.63. The third kappa shape index (κ3) is 4.88. The van der Waals surface area contributed by atoms with Crippen LogP contribution in [0.15, 0.2) is 66.9 Å². The van der Waals surface area contributed by atoms with Crippen LogP contribution in [0, 0.1) is 5.82 Å². The second kappa shape index (κ2) is 8.09. The zero-order valence-electron chi connectivity index (χ0n) is 14.5. The Balaban J connectivity index is 1.63. The maximum Gasteiger partial charge on any atom is 0.257 e. The van der Waals surface area contributed by atoms with Crippen LogP contribution in [0.25, 0.3) is 0 Å². The van der Waals surface area contributed by atoms with E-state index in [1.54, 1.807) is 54.6 Å². The Hall–Kier alpha value is -3.74. The lowest BCUT2D eigenvalue weighted by Gasteiger charge is -2.09. The van der Waals surface area contributed by atoms with Crippen molar-refractivity contribution in [1.29, 1.82) is 0 Å². The minimum Gasteiger partial charge on any atom is -0.338 e. The minimum atomic E-state index is -0.385. The second-order valence-corrected chi connectivity index (χ2v) is 5.75. The van der Waals surface area contributed by atoms with E-state index < -0.39 is 0 Å². The van der Waals surface area contributed by atoms with Gasteiger partial charge in [0, 0.05) is 24.5 Å². The summed E-state index contributed by atoms with van der Waals surface area (Å²) >= 11 is 0. The van der Waals surface area contributed by atoms with Crippen LogP contribution in [0.3, 0.4) is 0 Å². The van der Waals surface area contributed by atoms with E-state index in [2.05, 4.69) is 20.9 Å². The number of amides is 2. The molecule has 0 spiro atoms. The molecule has 27 heavy (non-hydrogen) atoms. The number of benzene rings is 2. The topological polar surface area (TPSA) is 83.1 Å². The molecule has 2 amide bonds. The Morgan fingerprint density at radius 3 is 2.15 bits per heavy atom. The van der Waals surface area contributed by atoms with Gasteiger partial charge in [-0.25, -0.2) is 9.37 Å². The maximum atomic E-state index is 13.6. The van der Waals surface area contributed by atoms with Crippen molar-refractivity contribution in [1.82, 2.24) is 4.98 Å². The average Bonchev–Trinajstić information content (AvgIpc) is 2.65. The molecular weight excluding hydrogens is 347 g/mol. The normalized spacial score (nSPS) is 10.1. The molecule has 2 aromatic carbocycles. The fourth-order valence-electron chi connectivity index (χ4n) is 2.35.